The summed E-state index contributed by atoms with van der Waals surface area (Å²) in [5.41, 5.74) is 1.12. The van der Waals surface area contributed by atoms with Crippen molar-refractivity contribution in [2.24, 2.45) is 0 Å². The third kappa shape index (κ3) is 3.68. The summed E-state index contributed by atoms with van der Waals surface area (Å²) in [7, 11) is 0. The number of nitrogens with zero attached hydrogens (tertiary/aromatic N) is 1. The quantitative estimate of drug-likeness (QED) is 0.874. The zero-order valence-corrected chi connectivity index (χ0v) is 13.7. The summed E-state index contributed by atoms with van der Waals surface area (Å²) in [6.45, 7) is 0.432. The van der Waals surface area contributed by atoms with E-state index in [2.05, 4.69) is 10.3 Å². The second-order valence-corrected chi connectivity index (χ2v) is 6.44. The fraction of sp³-hybridized carbons (Fsp3) is 0.235. The Kier molecular flexibility index (Phi) is 5.00. The number of hydrogen-bond acceptors (Lipinski definition) is 4. The summed E-state index contributed by atoms with van der Waals surface area (Å²) < 4.78 is 0. The zero-order chi connectivity index (χ0) is 16.9. The van der Waals surface area contributed by atoms with Gasteiger partial charge in [-0.2, -0.15) is 0 Å². The van der Waals surface area contributed by atoms with Crippen molar-refractivity contribution in [1.82, 2.24) is 15.2 Å². The van der Waals surface area contributed by atoms with Gasteiger partial charge < -0.3 is 15.2 Å². The molecule has 1 atom stereocenters. The SMILES string of the molecule is O=C(NCc1ccccc1)[C@@H]1CSCN1C(=O)c1ccc(=O)[nH]c1. The average Bonchev–Trinajstić information content (AvgIpc) is 3.10. The first kappa shape index (κ1) is 16.3. The number of carbonyl (C=O) groups excluding carboxylic acids is 2. The van der Waals surface area contributed by atoms with Crippen LogP contribution < -0.4 is 10.9 Å². The topological polar surface area (TPSA) is 82.3 Å². The summed E-state index contributed by atoms with van der Waals surface area (Å²) in [6, 6.07) is 11.9. The Balaban J connectivity index is 1.66. The molecular weight excluding hydrogens is 326 g/mol. The first-order valence-corrected chi connectivity index (χ1v) is 8.70. The summed E-state index contributed by atoms with van der Waals surface area (Å²) >= 11 is 1.54. The lowest BCUT2D eigenvalue weighted by molar-refractivity contribution is -0.124. The molecule has 1 aromatic carbocycles. The molecule has 1 aliphatic heterocycles. The standard InChI is InChI=1S/C17H17N3O3S/c21-15-7-6-13(9-18-15)17(23)20-11-24-10-14(20)16(22)19-8-12-4-2-1-3-5-12/h1-7,9,14H,8,10-11H2,(H,18,21)(H,19,22)/t14-/m0/s1. The number of thioether (sulfide) groups is 1. The van der Waals surface area contributed by atoms with Crippen LogP contribution in [0.25, 0.3) is 0 Å². The number of benzene rings is 1. The van der Waals surface area contributed by atoms with E-state index in [1.807, 2.05) is 30.3 Å². The number of rotatable bonds is 4. The van der Waals surface area contributed by atoms with Crippen molar-refractivity contribution < 1.29 is 9.59 Å². The van der Waals surface area contributed by atoms with Crippen LogP contribution in [0.1, 0.15) is 15.9 Å². The second-order valence-electron chi connectivity index (χ2n) is 5.44. The van der Waals surface area contributed by atoms with Crippen molar-refractivity contribution in [3.8, 4) is 0 Å². The number of aromatic amines is 1. The Bertz CT molecular complexity index is 771. The van der Waals surface area contributed by atoms with E-state index in [4.69, 9.17) is 0 Å². The molecule has 1 aliphatic rings. The van der Waals surface area contributed by atoms with Crippen LogP contribution in [0.5, 0.6) is 0 Å². The minimum absolute atomic E-state index is 0.165. The largest absolute Gasteiger partial charge is 0.350 e. The first-order valence-electron chi connectivity index (χ1n) is 7.54. The molecule has 0 spiro atoms. The van der Waals surface area contributed by atoms with Gasteiger partial charge >= 0.3 is 0 Å². The van der Waals surface area contributed by atoms with Crippen LogP contribution in [0.3, 0.4) is 0 Å². The van der Waals surface area contributed by atoms with Crippen molar-refractivity contribution in [2.45, 2.75) is 12.6 Å². The van der Waals surface area contributed by atoms with Crippen LogP contribution in [-0.2, 0) is 11.3 Å². The Labute approximate surface area is 143 Å². The molecule has 1 saturated heterocycles. The van der Waals surface area contributed by atoms with Crippen LogP contribution in [0, 0.1) is 0 Å². The molecule has 1 aromatic heterocycles. The molecule has 124 valence electrons. The number of hydrogen-bond donors (Lipinski definition) is 2. The highest BCUT2D eigenvalue weighted by atomic mass is 32.2. The molecule has 1 fully saturated rings. The number of nitrogens with one attached hydrogen (secondary N) is 2. The van der Waals surface area contributed by atoms with Gasteiger partial charge in [0.25, 0.3) is 5.91 Å². The fourth-order valence-electron chi connectivity index (χ4n) is 2.47. The number of amides is 2. The van der Waals surface area contributed by atoms with Gasteiger partial charge in [0.05, 0.1) is 11.4 Å². The predicted molar refractivity (Wildman–Crippen MR) is 92.6 cm³/mol. The smallest absolute Gasteiger partial charge is 0.256 e. The van der Waals surface area contributed by atoms with E-state index >= 15 is 0 Å². The Morgan fingerprint density at radius 1 is 1.21 bits per heavy atom. The molecule has 2 N–H and O–H groups in total. The molecule has 7 heteroatoms. The molecule has 0 aliphatic carbocycles. The van der Waals surface area contributed by atoms with Gasteiger partial charge in [-0.25, -0.2) is 0 Å². The molecule has 6 nitrogen and oxygen atoms in total. The molecule has 0 radical (unpaired) electrons. The molecule has 2 amide bonds. The minimum Gasteiger partial charge on any atom is -0.350 e. The van der Waals surface area contributed by atoms with E-state index in [0.717, 1.165) is 5.56 Å². The summed E-state index contributed by atoms with van der Waals surface area (Å²) in [5.74, 6) is 0.606. The van der Waals surface area contributed by atoms with Gasteiger partial charge in [0.15, 0.2) is 0 Å². The Morgan fingerprint density at radius 2 is 2.00 bits per heavy atom. The number of aromatic nitrogens is 1. The molecule has 24 heavy (non-hydrogen) atoms. The molecule has 0 bridgehead atoms. The van der Waals surface area contributed by atoms with Gasteiger partial charge in [0, 0.05) is 24.6 Å². The van der Waals surface area contributed by atoms with Crippen molar-refractivity contribution in [3.05, 3.63) is 70.1 Å². The van der Waals surface area contributed by atoms with E-state index in [1.165, 1.54) is 30.1 Å². The molecular formula is C17H17N3O3S. The van der Waals surface area contributed by atoms with Crippen LogP contribution in [0.15, 0.2) is 53.5 Å². The molecule has 3 rings (SSSR count). The second kappa shape index (κ2) is 7.35. The predicted octanol–water partition coefficient (Wildman–Crippen LogP) is 1.21. The Hall–Kier alpha value is -2.54. The van der Waals surface area contributed by atoms with Crippen molar-refractivity contribution in [2.75, 3.05) is 11.6 Å². The van der Waals surface area contributed by atoms with E-state index in [1.54, 1.807) is 4.90 Å². The van der Waals surface area contributed by atoms with Crippen LogP contribution in [-0.4, -0.2) is 39.4 Å². The highest BCUT2D eigenvalue weighted by Crippen LogP contribution is 2.23. The average molecular weight is 343 g/mol. The van der Waals surface area contributed by atoms with Gasteiger partial charge in [-0.1, -0.05) is 30.3 Å². The maximum Gasteiger partial charge on any atom is 0.256 e. The maximum absolute atomic E-state index is 12.6. The normalized spacial score (nSPS) is 16.8. The van der Waals surface area contributed by atoms with E-state index in [0.29, 0.717) is 23.7 Å². The summed E-state index contributed by atoms with van der Waals surface area (Å²) in [5, 5.41) is 2.88. The maximum atomic E-state index is 12.6. The monoisotopic (exact) mass is 343 g/mol. The Morgan fingerprint density at radius 3 is 2.71 bits per heavy atom. The first-order chi connectivity index (χ1) is 11.6. The lowest BCUT2D eigenvalue weighted by atomic mass is 10.2. The zero-order valence-electron chi connectivity index (χ0n) is 12.9. The highest BCUT2D eigenvalue weighted by molar-refractivity contribution is 7.99. The minimum atomic E-state index is -0.502. The summed E-state index contributed by atoms with van der Waals surface area (Å²) in [4.78, 5) is 40.1. The van der Waals surface area contributed by atoms with Crippen molar-refractivity contribution in [3.63, 3.8) is 0 Å². The highest BCUT2D eigenvalue weighted by Gasteiger charge is 2.35. The third-order valence-electron chi connectivity index (χ3n) is 3.79. The fourth-order valence-corrected chi connectivity index (χ4v) is 3.63. The number of carbonyl (C=O) groups is 2. The molecule has 2 aromatic rings. The van der Waals surface area contributed by atoms with E-state index in [9.17, 15) is 14.4 Å². The van der Waals surface area contributed by atoms with E-state index < -0.39 is 6.04 Å². The number of H-pyrrole nitrogens is 1. The van der Waals surface area contributed by atoms with Gasteiger partial charge in [-0.05, 0) is 11.6 Å². The van der Waals surface area contributed by atoms with Crippen LogP contribution >= 0.6 is 11.8 Å². The summed E-state index contributed by atoms with van der Waals surface area (Å²) in [6.07, 6.45) is 1.38. The third-order valence-corrected chi connectivity index (χ3v) is 4.80. The van der Waals surface area contributed by atoms with Gasteiger partial charge in [-0.15, -0.1) is 11.8 Å². The van der Waals surface area contributed by atoms with Gasteiger partial charge in [0.1, 0.15) is 6.04 Å². The lowest BCUT2D eigenvalue weighted by Gasteiger charge is -2.23. The van der Waals surface area contributed by atoms with E-state index in [-0.39, 0.29) is 17.4 Å². The van der Waals surface area contributed by atoms with Crippen molar-refractivity contribution in [1.29, 1.82) is 0 Å². The van der Waals surface area contributed by atoms with Crippen LogP contribution in [0.2, 0.25) is 0 Å². The molecule has 2 heterocycles. The van der Waals surface area contributed by atoms with Gasteiger partial charge in [-0.3, -0.25) is 14.4 Å². The van der Waals surface area contributed by atoms with Crippen molar-refractivity contribution >= 4 is 23.6 Å². The molecule has 0 unspecified atom stereocenters. The van der Waals surface area contributed by atoms with Crippen LogP contribution in [0.4, 0.5) is 0 Å². The molecule has 0 saturated carbocycles. The van der Waals surface area contributed by atoms with Gasteiger partial charge in [0.2, 0.25) is 11.5 Å². The number of pyridine rings is 1. The lowest BCUT2D eigenvalue weighted by Crippen LogP contribution is -2.47.